The van der Waals surface area contributed by atoms with Crippen molar-refractivity contribution in [3.8, 4) is 0 Å². The Hall–Kier alpha value is -1.78. The van der Waals surface area contributed by atoms with Crippen molar-refractivity contribution in [2.45, 2.75) is 12.5 Å². The van der Waals surface area contributed by atoms with Crippen molar-refractivity contribution in [2.24, 2.45) is 5.73 Å². The lowest BCUT2D eigenvalue weighted by molar-refractivity contribution is 0.710. The van der Waals surface area contributed by atoms with Crippen LogP contribution in [-0.4, -0.2) is 9.97 Å². The minimum atomic E-state index is -0.0239. The summed E-state index contributed by atoms with van der Waals surface area (Å²) < 4.78 is 0. The van der Waals surface area contributed by atoms with Gasteiger partial charge in [-0.25, -0.2) is 9.97 Å². The maximum atomic E-state index is 6.23. The molecule has 2 N–H and O–H groups in total. The quantitative estimate of drug-likeness (QED) is 0.783. The van der Waals surface area contributed by atoms with Gasteiger partial charge in [0.15, 0.2) is 0 Å². The Balaban J connectivity index is 1.91. The number of thiophene rings is 1. The summed E-state index contributed by atoms with van der Waals surface area (Å²) in [6, 6.07) is 12.2. The molecule has 4 heteroatoms. The predicted molar refractivity (Wildman–Crippen MR) is 74.5 cm³/mol. The molecule has 0 fully saturated rings. The molecule has 0 aliphatic heterocycles. The van der Waals surface area contributed by atoms with E-state index in [0.29, 0.717) is 0 Å². The van der Waals surface area contributed by atoms with Gasteiger partial charge in [0.25, 0.3) is 0 Å². The minimum Gasteiger partial charge on any atom is -0.324 e. The zero-order valence-electron chi connectivity index (χ0n) is 9.78. The molecule has 1 atom stereocenters. The van der Waals surface area contributed by atoms with Crippen molar-refractivity contribution in [3.05, 3.63) is 59.4 Å². The number of nitrogens with zero attached hydrogens (tertiary/aromatic N) is 2. The van der Waals surface area contributed by atoms with Gasteiger partial charge in [-0.3, -0.25) is 0 Å². The summed E-state index contributed by atoms with van der Waals surface area (Å²) in [7, 11) is 0. The Kier molecular flexibility index (Phi) is 3.04. The summed E-state index contributed by atoms with van der Waals surface area (Å²) in [4.78, 5) is 9.64. The van der Waals surface area contributed by atoms with Gasteiger partial charge in [-0.15, -0.1) is 11.3 Å². The molecular formula is C14H13N3S. The van der Waals surface area contributed by atoms with Gasteiger partial charge in [-0.2, -0.15) is 0 Å². The average molecular weight is 255 g/mol. The summed E-state index contributed by atoms with van der Waals surface area (Å²) >= 11 is 1.63. The Bertz CT molecular complexity index is 648. The van der Waals surface area contributed by atoms with E-state index in [2.05, 4.69) is 28.2 Å². The Morgan fingerprint density at radius 2 is 1.94 bits per heavy atom. The van der Waals surface area contributed by atoms with E-state index < -0.39 is 0 Å². The molecule has 0 radical (unpaired) electrons. The van der Waals surface area contributed by atoms with Crippen LogP contribution in [0.2, 0.25) is 0 Å². The summed E-state index contributed by atoms with van der Waals surface area (Å²) in [6.07, 6.45) is 2.35. The molecule has 0 saturated carbocycles. The van der Waals surface area contributed by atoms with Crippen LogP contribution in [0.15, 0.2) is 48.1 Å². The topological polar surface area (TPSA) is 51.8 Å². The molecule has 2 heterocycles. The first-order valence-corrected chi connectivity index (χ1v) is 6.70. The molecule has 18 heavy (non-hydrogen) atoms. The predicted octanol–water partition coefficient (Wildman–Crippen LogP) is 2.93. The van der Waals surface area contributed by atoms with E-state index in [-0.39, 0.29) is 6.04 Å². The highest BCUT2D eigenvalue weighted by atomic mass is 32.1. The highest BCUT2D eigenvalue weighted by molar-refractivity contribution is 7.16. The van der Waals surface area contributed by atoms with Gasteiger partial charge in [-0.05, 0) is 17.0 Å². The Morgan fingerprint density at radius 1 is 1.11 bits per heavy atom. The zero-order chi connectivity index (χ0) is 12.4. The molecule has 90 valence electrons. The van der Waals surface area contributed by atoms with Crippen LogP contribution in [0.25, 0.3) is 10.2 Å². The number of hydrogen-bond donors (Lipinski definition) is 1. The van der Waals surface area contributed by atoms with Crippen LogP contribution < -0.4 is 5.73 Å². The summed E-state index contributed by atoms with van der Waals surface area (Å²) in [5.41, 5.74) is 8.39. The van der Waals surface area contributed by atoms with Crippen molar-refractivity contribution < 1.29 is 0 Å². The first-order valence-electron chi connectivity index (χ1n) is 5.82. The van der Waals surface area contributed by atoms with Gasteiger partial charge in [0.2, 0.25) is 0 Å². The number of benzene rings is 1. The molecule has 0 saturated heterocycles. The summed E-state index contributed by atoms with van der Waals surface area (Å²) in [5.74, 6) is 0. The van der Waals surface area contributed by atoms with Crippen LogP contribution >= 0.6 is 11.3 Å². The fourth-order valence-corrected chi connectivity index (χ4v) is 2.78. The second-order valence-electron chi connectivity index (χ2n) is 4.18. The monoisotopic (exact) mass is 255 g/mol. The van der Waals surface area contributed by atoms with E-state index in [1.807, 2.05) is 23.6 Å². The molecule has 0 amide bonds. The number of hydrogen-bond acceptors (Lipinski definition) is 4. The molecule has 0 aliphatic rings. The fraction of sp³-hybridized carbons (Fsp3) is 0.143. The highest BCUT2D eigenvalue weighted by Gasteiger charge is 2.11. The summed E-state index contributed by atoms with van der Waals surface area (Å²) in [5, 5.41) is 3.16. The van der Waals surface area contributed by atoms with Crippen molar-refractivity contribution in [2.75, 3.05) is 0 Å². The summed E-state index contributed by atoms with van der Waals surface area (Å²) in [6.45, 7) is 0. The SMILES string of the molecule is NC(Cc1ncnc2sccc12)c1ccccc1. The smallest absolute Gasteiger partial charge is 0.126 e. The second kappa shape index (κ2) is 4.84. The molecule has 0 bridgehead atoms. The molecule has 1 unspecified atom stereocenters. The van der Waals surface area contributed by atoms with Crippen molar-refractivity contribution in [3.63, 3.8) is 0 Å². The third kappa shape index (κ3) is 2.12. The normalized spacial score (nSPS) is 12.7. The van der Waals surface area contributed by atoms with Gasteiger partial charge in [0.1, 0.15) is 11.2 Å². The lowest BCUT2D eigenvalue weighted by Gasteiger charge is -2.11. The standard InChI is InChI=1S/C14H13N3S/c15-12(10-4-2-1-3-5-10)8-13-11-6-7-18-14(11)17-9-16-13/h1-7,9,12H,8,15H2. The molecule has 0 aliphatic carbocycles. The van der Waals surface area contributed by atoms with Crippen LogP contribution in [0.1, 0.15) is 17.3 Å². The van der Waals surface area contributed by atoms with E-state index >= 15 is 0 Å². The Morgan fingerprint density at radius 3 is 2.78 bits per heavy atom. The molecule has 1 aromatic carbocycles. The van der Waals surface area contributed by atoms with Gasteiger partial charge in [0.05, 0.1) is 5.69 Å². The van der Waals surface area contributed by atoms with Gasteiger partial charge < -0.3 is 5.73 Å². The third-order valence-corrected chi connectivity index (χ3v) is 3.81. The maximum Gasteiger partial charge on any atom is 0.126 e. The van der Waals surface area contributed by atoms with E-state index in [1.165, 1.54) is 0 Å². The lowest BCUT2D eigenvalue weighted by Crippen LogP contribution is -2.14. The largest absolute Gasteiger partial charge is 0.324 e. The second-order valence-corrected chi connectivity index (χ2v) is 5.08. The number of fused-ring (bicyclic) bond motifs is 1. The number of rotatable bonds is 3. The van der Waals surface area contributed by atoms with Crippen LogP contribution in [0.3, 0.4) is 0 Å². The molecule has 3 rings (SSSR count). The molecular weight excluding hydrogens is 242 g/mol. The third-order valence-electron chi connectivity index (χ3n) is 2.99. The average Bonchev–Trinajstić information content (AvgIpc) is 2.89. The fourth-order valence-electron chi connectivity index (χ4n) is 2.03. The minimum absolute atomic E-state index is 0.0239. The molecule has 3 aromatic rings. The first kappa shape index (κ1) is 11.3. The number of aromatic nitrogens is 2. The van der Waals surface area contributed by atoms with Crippen molar-refractivity contribution in [1.29, 1.82) is 0 Å². The van der Waals surface area contributed by atoms with Crippen LogP contribution in [0, 0.1) is 0 Å². The van der Waals surface area contributed by atoms with Gasteiger partial charge in [0, 0.05) is 17.8 Å². The van der Waals surface area contributed by atoms with E-state index in [1.54, 1.807) is 17.7 Å². The van der Waals surface area contributed by atoms with Crippen molar-refractivity contribution >= 4 is 21.6 Å². The van der Waals surface area contributed by atoms with Crippen LogP contribution in [0.4, 0.5) is 0 Å². The van der Waals surface area contributed by atoms with Gasteiger partial charge >= 0.3 is 0 Å². The lowest BCUT2D eigenvalue weighted by atomic mass is 10.0. The van der Waals surface area contributed by atoms with Crippen LogP contribution in [0.5, 0.6) is 0 Å². The molecule has 3 nitrogen and oxygen atoms in total. The maximum absolute atomic E-state index is 6.23. The molecule has 2 aromatic heterocycles. The molecule has 0 spiro atoms. The zero-order valence-corrected chi connectivity index (χ0v) is 10.6. The Labute approximate surface area is 109 Å². The number of nitrogens with two attached hydrogens (primary N) is 1. The van der Waals surface area contributed by atoms with Crippen LogP contribution in [-0.2, 0) is 6.42 Å². The van der Waals surface area contributed by atoms with Crippen molar-refractivity contribution in [1.82, 2.24) is 9.97 Å². The van der Waals surface area contributed by atoms with E-state index in [9.17, 15) is 0 Å². The van der Waals surface area contributed by atoms with E-state index in [0.717, 1.165) is 27.9 Å². The highest BCUT2D eigenvalue weighted by Crippen LogP contribution is 2.23. The van der Waals surface area contributed by atoms with Gasteiger partial charge in [-0.1, -0.05) is 30.3 Å². The first-order chi connectivity index (χ1) is 8.84. The van der Waals surface area contributed by atoms with E-state index in [4.69, 9.17) is 5.73 Å².